The summed E-state index contributed by atoms with van der Waals surface area (Å²) in [7, 11) is 0. The van der Waals surface area contributed by atoms with Gasteiger partial charge in [-0.05, 0) is 30.3 Å². The minimum absolute atomic E-state index is 0.194. The van der Waals surface area contributed by atoms with E-state index < -0.39 is 0 Å². The molecule has 0 spiro atoms. The minimum atomic E-state index is 0.194. The molecule has 18 heavy (non-hydrogen) atoms. The Bertz CT molecular complexity index is 582. The first-order chi connectivity index (χ1) is 8.66. The minimum Gasteiger partial charge on any atom is -0.508 e. The van der Waals surface area contributed by atoms with Gasteiger partial charge in [0, 0.05) is 21.8 Å². The van der Waals surface area contributed by atoms with Gasteiger partial charge in [0.05, 0.1) is 6.54 Å². The maximum absolute atomic E-state index is 9.64. The number of phenolic OH excluding ortho intramolecular Hbond substituents is 2. The van der Waals surface area contributed by atoms with Crippen molar-refractivity contribution in [3.05, 3.63) is 58.1 Å². The van der Waals surface area contributed by atoms with E-state index in [-0.39, 0.29) is 11.5 Å². The molecule has 0 saturated carbocycles. The smallest absolute Gasteiger partial charge is 0.124 e. The van der Waals surface area contributed by atoms with Gasteiger partial charge < -0.3 is 10.2 Å². The second-order valence-electron chi connectivity index (χ2n) is 3.80. The van der Waals surface area contributed by atoms with Crippen molar-refractivity contribution in [2.75, 3.05) is 0 Å². The molecular formula is C14H12BrNO2. The molecule has 4 heteroatoms. The highest BCUT2D eigenvalue weighted by Gasteiger charge is 2.00. The largest absolute Gasteiger partial charge is 0.508 e. The van der Waals surface area contributed by atoms with Crippen molar-refractivity contribution in [3.8, 4) is 11.5 Å². The maximum Gasteiger partial charge on any atom is 0.124 e. The topological polar surface area (TPSA) is 52.8 Å². The lowest BCUT2D eigenvalue weighted by atomic mass is 10.2. The molecule has 2 aromatic carbocycles. The fraction of sp³-hybridized carbons (Fsp3) is 0.0714. The fourth-order valence-electron chi connectivity index (χ4n) is 1.52. The Morgan fingerprint density at radius 3 is 2.61 bits per heavy atom. The van der Waals surface area contributed by atoms with Crippen molar-refractivity contribution >= 4 is 22.1 Å². The lowest BCUT2D eigenvalue weighted by molar-refractivity contribution is 0.468. The molecule has 3 nitrogen and oxygen atoms in total. The molecule has 0 aliphatic carbocycles. The Morgan fingerprint density at radius 1 is 1.06 bits per heavy atom. The van der Waals surface area contributed by atoms with E-state index in [1.807, 2.05) is 12.1 Å². The summed E-state index contributed by atoms with van der Waals surface area (Å²) in [6.45, 7) is 0.361. The van der Waals surface area contributed by atoms with E-state index in [9.17, 15) is 10.2 Å². The van der Waals surface area contributed by atoms with Crippen LogP contribution < -0.4 is 0 Å². The number of aromatic hydroxyl groups is 2. The van der Waals surface area contributed by atoms with Crippen LogP contribution in [0.15, 0.2) is 51.9 Å². The van der Waals surface area contributed by atoms with Crippen molar-refractivity contribution in [1.82, 2.24) is 0 Å². The summed E-state index contributed by atoms with van der Waals surface area (Å²) in [6, 6.07) is 12.2. The molecule has 0 aliphatic rings. The summed E-state index contributed by atoms with van der Waals surface area (Å²) in [5.74, 6) is 0.410. The molecular weight excluding hydrogens is 294 g/mol. The monoisotopic (exact) mass is 305 g/mol. The van der Waals surface area contributed by atoms with Crippen LogP contribution in [0.3, 0.4) is 0 Å². The number of nitrogens with zero attached hydrogens (tertiary/aromatic N) is 1. The molecule has 0 heterocycles. The Labute approximate surface area is 114 Å². The summed E-state index contributed by atoms with van der Waals surface area (Å²) in [5.41, 5.74) is 1.39. The van der Waals surface area contributed by atoms with Crippen LogP contribution in [0.25, 0.3) is 0 Å². The molecule has 0 atom stereocenters. The van der Waals surface area contributed by atoms with Crippen LogP contribution in [-0.4, -0.2) is 16.4 Å². The predicted molar refractivity (Wildman–Crippen MR) is 75.2 cm³/mol. The lowest BCUT2D eigenvalue weighted by Gasteiger charge is -2.02. The first-order valence-electron chi connectivity index (χ1n) is 5.42. The van der Waals surface area contributed by atoms with Crippen molar-refractivity contribution in [1.29, 1.82) is 0 Å². The summed E-state index contributed by atoms with van der Waals surface area (Å²) in [4.78, 5) is 4.21. The van der Waals surface area contributed by atoms with Gasteiger partial charge in [-0.1, -0.05) is 28.1 Å². The summed E-state index contributed by atoms with van der Waals surface area (Å²) in [5, 5.41) is 19.2. The van der Waals surface area contributed by atoms with E-state index in [4.69, 9.17) is 0 Å². The second kappa shape index (κ2) is 5.69. The Hall–Kier alpha value is -1.81. The first kappa shape index (κ1) is 12.6. The third kappa shape index (κ3) is 3.11. The molecule has 0 saturated heterocycles. The van der Waals surface area contributed by atoms with Gasteiger partial charge in [0.15, 0.2) is 0 Å². The Balaban J connectivity index is 2.12. The summed E-state index contributed by atoms with van der Waals surface area (Å²) >= 11 is 3.34. The van der Waals surface area contributed by atoms with Crippen LogP contribution in [0.2, 0.25) is 0 Å². The van der Waals surface area contributed by atoms with E-state index in [1.54, 1.807) is 36.5 Å². The average Bonchev–Trinajstić information content (AvgIpc) is 2.36. The molecule has 0 bridgehead atoms. The molecule has 92 valence electrons. The molecule has 0 unspecified atom stereocenters. The molecule has 0 aliphatic heterocycles. The Kier molecular flexibility index (Phi) is 3.99. The van der Waals surface area contributed by atoms with Gasteiger partial charge >= 0.3 is 0 Å². The number of rotatable bonds is 3. The van der Waals surface area contributed by atoms with E-state index in [2.05, 4.69) is 20.9 Å². The van der Waals surface area contributed by atoms with Gasteiger partial charge in [-0.15, -0.1) is 0 Å². The zero-order valence-corrected chi connectivity index (χ0v) is 11.1. The third-order valence-electron chi connectivity index (χ3n) is 2.47. The standard InChI is InChI=1S/C14H12BrNO2/c15-12-5-6-14(18)11(7-12)9-16-8-10-3-1-2-4-13(10)17/h1-8,17-18H,9H2. The molecule has 0 amide bonds. The summed E-state index contributed by atoms with van der Waals surface area (Å²) in [6.07, 6.45) is 1.59. The van der Waals surface area contributed by atoms with Crippen molar-refractivity contribution in [3.63, 3.8) is 0 Å². The van der Waals surface area contributed by atoms with E-state index in [0.717, 1.165) is 10.0 Å². The molecule has 2 rings (SSSR count). The van der Waals surface area contributed by atoms with Crippen molar-refractivity contribution in [2.24, 2.45) is 4.99 Å². The van der Waals surface area contributed by atoms with Crippen LogP contribution >= 0.6 is 15.9 Å². The normalized spacial score (nSPS) is 10.9. The van der Waals surface area contributed by atoms with Gasteiger partial charge in [-0.25, -0.2) is 0 Å². The van der Waals surface area contributed by atoms with Crippen LogP contribution in [0.4, 0.5) is 0 Å². The highest BCUT2D eigenvalue weighted by Crippen LogP contribution is 2.22. The number of phenols is 2. The van der Waals surface area contributed by atoms with E-state index in [1.165, 1.54) is 0 Å². The number of benzene rings is 2. The van der Waals surface area contributed by atoms with Crippen LogP contribution in [0.5, 0.6) is 11.5 Å². The zero-order chi connectivity index (χ0) is 13.0. The molecule has 0 aromatic heterocycles. The molecule has 0 fully saturated rings. The van der Waals surface area contributed by atoms with E-state index in [0.29, 0.717) is 12.1 Å². The molecule has 0 radical (unpaired) electrons. The quantitative estimate of drug-likeness (QED) is 0.853. The van der Waals surface area contributed by atoms with Gasteiger partial charge in [-0.3, -0.25) is 4.99 Å². The zero-order valence-electron chi connectivity index (χ0n) is 9.55. The highest BCUT2D eigenvalue weighted by atomic mass is 79.9. The predicted octanol–water partition coefficient (Wildman–Crippen LogP) is 3.48. The Morgan fingerprint density at radius 2 is 1.83 bits per heavy atom. The number of hydrogen-bond donors (Lipinski definition) is 2. The molecule has 2 aromatic rings. The molecule has 2 N–H and O–H groups in total. The lowest BCUT2D eigenvalue weighted by Crippen LogP contribution is -1.86. The van der Waals surface area contributed by atoms with Gasteiger partial charge in [-0.2, -0.15) is 0 Å². The maximum atomic E-state index is 9.64. The van der Waals surface area contributed by atoms with E-state index >= 15 is 0 Å². The van der Waals surface area contributed by atoms with Gasteiger partial charge in [0.25, 0.3) is 0 Å². The summed E-state index contributed by atoms with van der Waals surface area (Å²) < 4.78 is 0.896. The number of halogens is 1. The number of hydrogen-bond acceptors (Lipinski definition) is 3. The van der Waals surface area contributed by atoms with Gasteiger partial charge in [0.2, 0.25) is 0 Å². The van der Waals surface area contributed by atoms with Crippen LogP contribution in [0, 0.1) is 0 Å². The number of aliphatic imine (C=N–C) groups is 1. The van der Waals surface area contributed by atoms with Crippen LogP contribution in [0.1, 0.15) is 11.1 Å². The first-order valence-corrected chi connectivity index (χ1v) is 6.21. The van der Waals surface area contributed by atoms with Crippen molar-refractivity contribution in [2.45, 2.75) is 6.54 Å². The van der Waals surface area contributed by atoms with Gasteiger partial charge in [0.1, 0.15) is 11.5 Å². The highest BCUT2D eigenvalue weighted by molar-refractivity contribution is 9.10. The second-order valence-corrected chi connectivity index (χ2v) is 4.72. The van der Waals surface area contributed by atoms with Crippen LogP contribution in [-0.2, 0) is 6.54 Å². The average molecular weight is 306 g/mol. The fourth-order valence-corrected chi connectivity index (χ4v) is 1.93. The third-order valence-corrected chi connectivity index (χ3v) is 2.96. The number of para-hydroxylation sites is 1. The SMILES string of the molecule is Oc1ccccc1C=NCc1cc(Br)ccc1O. The van der Waals surface area contributed by atoms with Crippen molar-refractivity contribution < 1.29 is 10.2 Å².